The second kappa shape index (κ2) is 7.27. The number of ether oxygens (including phenoxy) is 1. The first-order chi connectivity index (χ1) is 11.7. The summed E-state index contributed by atoms with van der Waals surface area (Å²) in [4.78, 5) is 17.0. The van der Waals surface area contributed by atoms with Crippen LogP contribution in [0.4, 0.5) is 5.13 Å². The van der Waals surface area contributed by atoms with Crippen LogP contribution in [0.1, 0.15) is 21.5 Å². The summed E-state index contributed by atoms with van der Waals surface area (Å²) in [5.74, 6) is -0.322. The molecule has 4 nitrogen and oxygen atoms in total. The molecule has 122 valence electrons. The number of benzene rings is 2. The molecule has 1 N–H and O–H groups in total. The Hall–Kier alpha value is -2.66. The molecule has 0 saturated carbocycles. The number of anilines is 1. The Bertz CT molecular complexity index is 823. The lowest BCUT2D eigenvalue weighted by Gasteiger charge is -2.04. The minimum Gasteiger partial charge on any atom is -0.465 e. The molecular weight excluding hydrogens is 320 g/mol. The standard InChI is InChI=1S/C19H18N2O2S/c1-13-3-7-15(8-4-13)17-12-21-19(24-17)20-11-14-5-9-16(10-6-14)18(22)23-2/h3-10,12H,11H2,1-2H3,(H,20,21). The number of aromatic nitrogens is 1. The molecule has 0 saturated heterocycles. The van der Waals surface area contributed by atoms with Gasteiger partial charge in [0.2, 0.25) is 0 Å². The number of nitrogens with one attached hydrogen (secondary N) is 1. The van der Waals surface area contributed by atoms with E-state index in [4.69, 9.17) is 4.74 Å². The predicted molar refractivity (Wildman–Crippen MR) is 97.4 cm³/mol. The molecular formula is C19H18N2O2S. The van der Waals surface area contributed by atoms with Gasteiger partial charge in [-0.2, -0.15) is 0 Å². The zero-order valence-electron chi connectivity index (χ0n) is 13.6. The second-order valence-corrected chi connectivity index (χ2v) is 6.47. The summed E-state index contributed by atoms with van der Waals surface area (Å²) in [6.07, 6.45) is 1.89. The molecule has 0 spiro atoms. The molecule has 24 heavy (non-hydrogen) atoms. The van der Waals surface area contributed by atoms with E-state index in [0.717, 1.165) is 15.6 Å². The van der Waals surface area contributed by atoms with Gasteiger partial charge in [0, 0.05) is 12.7 Å². The average Bonchev–Trinajstić information content (AvgIpc) is 3.09. The number of rotatable bonds is 5. The van der Waals surface area contributed by atoms with Crippen LogP contribution in [0.5, 0.6) is 0 Å². The molecule has 0 amide bonds. The second-order valence-electron chi connectivity index (χ2n) is 5.44. The first kappa shape index (κ1) is 16.2. The van der Waals surface area contributed by atoms with E-state index in [1.165, 1.54) is 18.2 Å². The number of carbonyl (C=O) groups is 1. The van der Waals surface area contributed by atoms with Gasteiger partial charge in [-0.3, -0.25) is 0 Å². The Morgan fingerprint density at radius 1 is 1.12 bits per heavy atom. The minimum atomic E-state index is -0.322. The lowest BCUT2D eigenvalue weighted by Crippen LogP contribution is -2.02. The van der Waals surface area contributed by atoms with Crippen LogP contribution in [0, 0.1) is 6.92 Å². The van der Waals surface area contributed by atoms with E-state index < -0.39 is 0 Å². The zero-order valence-corrected chi connectivity index (χ0v) is 14.4. The van der Waals surface area contributed by atoms with Gasteiger partial charge in [0.15, 0.2) is 5.13 Å². The Balaban J connectivity index is 1.63. The summed E-state index contributed by atoms with van der Waals surface area (Å²) in [5.41, 5.74) is 4.05. The lowest BCUT2D eigenvalue weighted by atomic mass is 10.1. The fourth-order valence-corrected chi connectivity index (χ4v) is 3.08. The molecule has 0 bridgehead atoms. The molecule has 0 atom stereocenters. The Morgan fingerprint density at radius 2 is 1.83 bits per heavy atom. The molecule has 0 unspecified atom stereocenters. The number of hydrogen-bond acceptors (Lipinski definition) is 5. The van der Waals surface area contributed by atoms with E-state index >= 15 is 0 Å². The number of methoxy groups -OCH3 is 1. The minimum absolute atomic E-state index is 0.322. The SMILES string of the molecule is COC(=O)c1ccc(CNc2ncc(-c3ccc(C)cc3)s2)cc1. The highest BCUT2D eigenvalue weighted by molar-refractivity contribution is 7.18. The van der Waals surface area contributed by atoms with Crippen molar-refractivity contribution in [3.05, 3.63) is 71.4 Å². The maximum atomic E-state index is 11.4. The maximum absolute atomic E-state index is 11.4. The average molecular weight is 338 g/mol. The first-order valence-corrected chi connectivity index (χ1v) is 8.41. The Labute approximate surface area is 145 Å². The molecule has 3 rings (SSSR count). The summed E-state index contributed by atoms with van der Waals surface area (Å²) >= 11 is 1.63. The topological polar surface area (TPSA) is 51.2 Å². The third-order valence-electron chi connectivity index (χ3n) is 3.66. The van der Waals surface area contributed by atoms with Crippen molar-refractivity contribution in [1.82, 2.24) is 4.98 Å². The van der Waals surface area contributed by atoms with Gasteiger partial charge in [-0.1, -0.05) is 53.3 Å². The predicted octanol–water partition coefficient (Wildman–Crippen LogP) is 4.52. The molecule has 0 aliphatic carbocycles. The zero-order chi connectivity index (χ0) is 16.9. The third-order valence-corrected chi connectivity index (χ3v) is 4.66. The van der Waals surface area contributed by atoms with E-state index in [-0.39, 0.29) is 5.97 Å². The van der Waals surface area contributed by atoms with Gasteiger partial charge in [-0.05, 0) is 30.2 Å². The van der Waals surface area contributed by atoms with Crippen molar-refractivity contribution in [2.45, 2.75) is 13.5 Å². The van der Waals surface area contributed by atoms with Gasteiger partial charge >= 0.3 is 5.97 Å². The molecule has 1 aromatic heterocycles. The molecule has 1 heterocycles. The number of carbonyl (C=O) groups excluding carboxylic acids is 1. The van der Waals surface area contributed by atoms with Crippen LogP contribution in [-0.2, 0) is 11.3 Å². The van der Waals surface area contributed by atoms with E-state index in [0.29, 0.717) is 12.1 Å². The highest BCUT2D eigenvalue weighted by atomic mass is 32.1. The summed E-state index contributed by atoms with van der Waals surface area (Å²) < 4.78 is 4.69. The van der Waals surface area contributed by atoms with Gasteiger partial charge in [0.05, 0.1) is 17.6 Å². The highest BCUT2D eigenvalue weighted by Gasteiger charge is 2.06. The van der Waals surface area contributed by atoms with Crippen LogP contribution in [-0.4, -0.2) is 18.1 Å². The molecule has 5 heteroatoms. The van der Waals surface area contributed by atoms with Crippen molar-refractivity contribution in [1.29, 1.82) is 0 Å². The summed E-state index contributed by atoms with van der Waals surface area (Å²) in [5, 5.41) is 4.19. The van der Waals surface area contributed by atoms with Crippen LogP contribution in [0.3, 0.4) is 0 Å². The molecule has 0 aliphatic heterocycles. The van der Waals surface area contributed by atoms with Crippen molar-refractivity contribution in [3.63, 3.8) is 0 Å². The largest absolute Gasteiger partial charge is 0.465 e. The van der Waals surface area contributed by atoms with Crippen molar-refractivity contribution in [2.24, 2.45) is 0 Å². The van der Waals surface area contributed by atoms with Gasteiger partial charge in [0.1, 0.15) is 0 Å². The van der Waals surface area contributed by atoms with Gasteiger partial charge in [-0.25, -0.2) is 9.78 Å². The van der Waals surface area contributed by atoms with E-state index in [1.807, 2.05) is 18.3 Å². The van der Waals surface area contributed by atoms with Gasteiger partial charge in [-0.15, -0.1) is 0 Å². The number of hydrogen-bond donors (Lipinski definition) is 1. The van der Waals surface area contributed by atoms with E-state index in [9.17, 15) is 4.79 Å². The van der Waals surface area contributed by atoms with Crippen molar-refractivity contribution in [3.8, 4) is 10.4 Å². The van der Waals surface area contributed by atoms with Crippen LogP contribution in [0.15, 0.2) is 54.7 Å². The molecule has 0 aliphatic rings. The maximum Gasteiger partial charge on any atom is 0.337 e. The lowest BCUT2D eigenvalue weighted by molar-refractivity contribution is 0.0600. The van der Waals surface area contributed by atoms with Gasteiger partial charge < -0.3 is 10.1 Å². The summed E-state index contributed by atoms with van der Waals surface area (Å²) in [7, 11) is 1.38. The van der Waals surface area contributed by atoms with Crippen molar-refractivity contribution >= 4 is 22.4 Å². The number of esters is 1. The fraction of sp³-hybridized carbons (Fsp3) is 0.158. The highest BCUT2D eigenvalue weighted by Crippen LogP contribution is 2.29. The van der Waals surface area contributed by atoms with Crippen molar-refractivity contribution < 1.29 is 9.53 Å². The number of thiazole rings is 1. The van der Waals surface area contributed by atoms with Gasteiger partial charge in [0.25, 0.3) is 0 Å². The molecule has 0 radical (unpaired) electrons. The fourth-order valence-electron chi connectivity index (χ4n) is 2.26. The monoisotopic (exact) mass is 338 g/mol. The van der Waals surface area contributed by atoms with Crippen molar-refractivity contribution in [2.75, 3.05) is 12.4 Å². The molecule has 0 fully saturated rings. The quantitative estimate of drug-likeness (QED) is 0.695. The third kappa shape index (κ3) is 3.81. The Morgan fingerprint density at radius 3 is 2.50 bits per heavy atom. The number of aryl methyl sites for hydroxylation is 1. The smallest absolute Gasteiger partial charge is 0.337 e. The Kier molecular flexibility index (Phi) is 4.91. The summed E-state index contributed by atoms with van der Waals surface area (Å²) in [6.45, 7) is 2.73. The first-order valence-electron chi connectivity index (χ1n) is 7.60. The van der Waals surface area contributed by atoms with Crippen LogP contribution in [0.25, 0.3) is 10.4 Å². The van der Waals surface area contributed by atoms with E-state index in [2.05, 4.69) is 41.5 Å². The molecule has 2 aromatic carbocycles. The molecule has 3 aromatic rings. The van der Waals surface area contributed by atoms with Crippen LogP contribution < -0.4 is 5.32 Å². The normalized spacial score (nSPS) is 10.4. The number of nitrogens with zero attached hydrogens (tertiary/aromatic N) is 1. The van der Waals surface area contributed by atoms with E-state index in [1.54, 1.807) is 23.5 Å². The van der Waals surface area contributed by atoms with Crippen LogP contribution in [0.2, 0.25) is 0 Å². The summed E-state index contributed by atoms with van der Waals surface area (Å²) in [6, 6.07) is 15.8. The van der Waals surface area contributed by atoms with Crippen LogP contribution >= 0.6 is 11.3 Å².